The van der Waals surface area contributed by atoms with Gasteiger partial charge in [0.1, 0.15) is 0 Å². The maximum absolute atomic E-state index is 12.3. The summed E-state index contributed by atoms with van der Waals surface area (Å²) in [6.07, 6.45) is -0.545. The fourth-order valence-electron chi connectivity index (χ4n) is 2.44. The summed E-state index contributed by atoms with van der Waals surface area (Å²) in [7, 11) is -0.709. The van der Waals surface area contributed by atoms with E-state index in [9.17, 15) is 18.0 Å². The molecule has 0 radical (unpaired) electrons. The third-order valence-corrected chi connectivity index (χ3v) is 5.82. The third kappa shape index (κ3) is 7.58. The first-order valence-corrected chi connectivity index (χ1v) is 11.1. The molecule has 0 saturated carbocycles. The van der Waals surface area contributed by atoms with Crippen LogP contribution in [0.1, 0.15) is 13.8 Å². The first kappa shape index (κ1) is 24.2. The summed E-state index contributed by atoms with van der Waals surface area (Å²) >= 11 is 0. The summed E-state index contributed by atoms with van der Waals surface area (Å²) in [5, 5.41) is 8.26. The molecule has 0 unspecified atom stereocenters. The fourth-order valence-corrected chi connectivity index (χ4v) is 3.38. The van der Waals surface area contributed by atoms with Crippen LogP contribution in [-0.2, 0) is 19.6 Å². The molecule has 2 amide bonds. The Kier molecular flexibility index (Phi) is 8.40. The first-order valence-electron chi connectivity index (χ1n) is 9.68. The topological polar surface area (TPSA) is 117 Å². The summed E-state index contributed by atoms with van der Waals surface area (Å²) in [5.41, 5.74) is 1.53. The molecule has 0 aliphatic rings. The highest BCUT2D eigenvalue weighted by molar-refractivity contribution is 7.89. The molecule has 0 saturated heterocycles. The monoisotopic (exact) mass is 448 g/mol. The molecule has 0 bridgehead atoms. The highest BCUT2D eigenvalue weighted by Gasteiger charge is 2.17. The molecule has 10 heteroatoms. The second-order valence-electron chi connectivity index (χ2n) is 7.42. The molecule has 0 atom stereocenters. The van der Waals surface area contributed by atoms with Gasteiger partial charge in [-0.3, -0.25) is 10.1 Å². The summed E-state index contributed by atoms with van der Waals surface area (Å²) in [5.74, 6) is -0.116. The Hall–Kier alpha value is -3.11. The van der Waals surface area contributed by atoms with Gasteiger partial charge in [0.05, 0.1) is 18.0 Å². The smallest absolute Gasteiger partial charge is 0.411 e. The van der Waals surface area contributed by atoms with Crippen molar-refractivity contribution < 1.29 is 22.7 Å². The largest absolute Gasteiger partial charge is 0.449 e. The van der Waals surface area contributed by atoms with Crippen LogP contribution in [0.25, 0.3) is 0 Å². The highest BCUT2D eigenvalue weighted by atomic mass is 32.2. The van der Waals surface area contributed by atoms with Crippen molar-refractivity contribution in [2.24, 2.45) is 5.92 Å². The van der Waals surface area contributed by atoms with Crippen LogP contribution < -0.4 is 16.0 Å². The van der Waals surface area contributed by atoms with Crippen molar-refractivity contribution in [3.63, 3.8) is 0 Å². The Morgan fingerprint density at radius 1 is 0.968 bits per heavy atom. The summed E-state index contributed by atoms with van der Waals surface area (Å²) in [6, 6.07) is 12.9. The van der Waals surface area contributed by atoms with E-state index in [0.717, 1.165) is 4.31 Å². The summed E-state index contributed by atoms with van der Waals surface area (Å²) < 4.78 is 30.6. The standard InChI is InChI=1S/C21H28N4O5S/c1-15(2)14-30-21(27)24-17-8-5-7-16(11-17)22-13-20(26)23-18-9-6-10-19(12-18)31(28,29)25(3)4/h5-12,15,22H,13-14H2,1-4H3,(H,23,26)(H,24,27). The third-order valence-electron chi connectivity index (χ3n) is 4.01. The Morgan fingerprint density at radius 2 is 1.58 bits per heavy atom. The van der Waals surface area contributed by atoms with E-state index in [2.05, 4.69) is 16.0 Å². The number of ether oxygens (including phenoxy) is 1. The maximum atomic E-state index is 12.3. The molecule has 0 aliphatic carbocycles. The van der Waals surface area contributed by atoms with Crippen molar-refractivity contribution in [2.75, 3.05) is 43.2 Å². The number of hydrogen-bond donors (Lipinski definition) is 3. The molecule has 31 heavy (non-hydrogen) atoms. The molecule has 0 spiro atoms. The number of carbonyl (C=O) groups is 2. The van der Waals surface area contributed by atoms with E-state index >= 15 is 0 Å². The van der Waals surface area contributed by atoms with Gasteiger partial charge in [0, 0.05) is 31.2 Å². The quantitative estimate of drug-likeness (QED) is 0.542. The number of benzene rings is 2. The van der Waals surface area contributed by atoms with Gasteiger partial charge in [-0.05, 0) is 42.3 Å². The van der Waals surface area contributed by atoms with Crippen molar-refractivity contribution >= 4 is 39.1 Å². The van der Waals surface area contributed by atoms with E-state index in [1.807, 2.05) is 13.8 Å². The molecule has 0 aromatic heterocycles. The molecule has 9 nitrogen and oxygen atoms in total. The Balaban J connectivity index is 1.93. The van der Waals surface area contributed by atoms with Gasteiger partial charge in [-0.1, -0.05) is 26.0 Å². The van der Waals surface area contributed by atoms with Crippen molar-refractivity contribution in [3.8, 4) is 0 Å². The van der Waals surface area contributed by atoms with Gasteiger partial charge >= 0.3 is 6.09 Å². The van der Waals surface area contributed by atoms with Gasteiger partial charge in [0.2, 0.25) is 15.9 Å². The SMILES string of the molecule is CC(C)COC(=O)Nc1cccc(NCC(=O)Nc2cccc(S(=O)(=O)N(C)C)c2)c1. The minimum absolute atomic E-state index is 0.0497. The predicted octanol–water partition coefficient (Wildman–Crippen LogP) is 3.19. The van der Waals surface area contributed by atoms with E-state index in [0.29, 0.717) is 23.7 Å². The van der Waals surface area contributed by atoms with Gasteiger partial charge in [-0.15, -0.1) is 0 Å². The Morgan fingerprint density at radius 3 is 2.23 bits per heavy atom. The van der Waals surface area contributed by atoms with Crippen molar-refractivity contribution in [1.82, 2.24) is 4.31 Å². The highest BCUT2D eigenvalue weighted by Crippen LogP contribution is 2.18. The van der Waals surface area contributed by atoms with Crippen LogP contribution in [0.15, 0.2) is 53.4 Å². The number of nitrogens with zero attached hydrogens (tertiary/aromatic N) is 1. The molecule has 3 N–H and O–H groups in total. The predicted molar refractivity (Wildman–Crippen MR) is 121 cm³/mol. The number of rotatable bonds is 9. The van der Waals surface area contributed by atoms with Crippen LogP contribution >= 0.6 is 0 Å². The van der Waals surface area contributed by atoms with Crippen molar-refractivity contribution in [2.45, 2.75) is 18.7 Å². The molecule has 168 valence electrons. The lowest BCUT2D eigenvalue weighted by atomic mass is 10.2. The zero-order valence-electron chi connectivity index (χ0n) is 18.0. The minimum atomic E-state index is -3.59. The normalized spacial score (nSPS) is 11.3. The second kappa shape index (κ2) is 10.8. The van der Waals surface area contributed by atoms with E-state index in [-0.39, 0.29) is 23.3 Å². The zero-order chi connectivity index (χ0) is 23.0. The van der Waals surface area contributed by atoms with Crippen LogP contribution in [0.5, 0.6) is 0 Å². The number of amides is 2. The van der Waals surface area contributed by atoms with E-state index in [4.69, 9.17) is 4.74 Å². The Labute approximate surface area is 182 Å². The van der Waals surface area contributed by atoms with Gasteiger partial charge in [-0.25, -0.2) is 17.5 Å². The van der Waals surface area contributed by atoms with Gasteiger partial charge < -0.3 is 15.4 Å². The molecule has 0 heterocycles. The number of anilines is 3. The molecular weight excluding hydrogens is 420 g/mol. The molecule has 2 aromatic carbocycles. The van der Waals surface area contributed by atoms with Crippen LogP contribution in [0.2, 0.25) is 0 Å². The Bertz CT molecular complexity index is 1020. The number of carbonyl (C=O) groups excluding carboxylic acids is 2. The van der Waals surface area contributed by atoms with Gasteiger partial charge in [0.15, 0.2) is 0 Å². The average molecular weight is 449 g/mol. The molecule has 2 aromatic rings. The van der Waals surface area contributed by atoms with Crippen molar-refractivity contribution in [3.05, 3.63) is 48.5 Å². The van der Waals surface area contributed by atoms with Gasteiger partial charge in [0.25, 0.3) is 0 Å². The summed E-state index contributed by atoms with van der Waals surface area (Å²) in [6.45, 7) is 4.16. The van der Waals surface area contributed by atoms with Crippen LogP contribution in [0, 0.1) is 5.92 Å². The van der Waals surface area contributed by atoms with Crippen LogP contribution in [0.3, 0.4) is 0 Å². The molecule has 0 aliphatic heterocycles. The number of nitrogens with one attached hydrogen (secondary N) is 3. The van der Waals surface area contributed by atoms with Crippen molar-refractivity contribution in [1.29, 1.82) is 0 Å². The number of sulfonamides is 1. The van der Waals surface area contributed by atoms with E-state index < -0.39 is 16.1 Å². The average Bonchev–Trinajstić information content (AvgIpc) is 2.71. The fraction of sp³-hybridized carbons (Fsp3) is 0.333. The number of hydrogen-bond acceptors (Lipinski definition) is 6. The van der Waals surface area contributed by atoms with Gasteiger partial charge in [-0.2, -0.15) is 0 Å². The van der Waals surface area contributed by atoms with Crippen LogP contribution in [0.4, 0.5) is 21.9 Å². The maximum Gasteiger partial charge on any atom is 0.411 e. The second-order valence-corrected chi connectivity index (χ2v) is 9.57. The van der Waals surface area contributed by atoms with E-state index in [1.165, 1.54) is 26.2 Å². The lowest BCUT2D eigenvalue weighted by Gasteiger charge is -2.13. The van der Waals surface area contributed by atoms with Crippen LogP contribution in [-0.4, -0.2) is 52.0 Å². The summed E-state index contributed by atoms with van der Waals surface area (Å²) in [4.78, 5) is 24.1. The van der Waals surface area contributed by atoms with E-state index in [1.54, 1.807) is 36.4 Å². The molecule has 0 fully saturated rings. The zero-order valence-corrected chi connectivity index (χ0v) is 18.8. The minimum Gasteiger partial charge on any atom is -0.449 e. The lowest BCUT2D eigenvalue weighted by Crippen LogP contribution is -2.23. The molecular formula is C21H28N4O5S. The lowest BCUT2D eigenvalue weighted by molar-refractivity contribution is -0.114. The first-order chi connectivity index (χ1) is 14.6. The molecule has 2 rings (SSSR count).